The predicted octanol–water partition coefficient (Wildman–Crippen LogP) is 1.26. The van der Waals surface area contributed by atoms with Crippen LogP contribution in [0.2, 0.25) is 0 Å². The smallest absolute Gasteiger partial charge is 0.219 e. The van der Waals surface area contributed by atoms with Crippen molar-refractivity contribution in [2.45, 2.75) is 33.2 Å². The van der Waals surface area contributed by atoms with Crippen LogP contribution in [0.15, 0.2) is 0 Å². The molecule has 0 bridgehead atoms. The van der Waals surface area contributed by atoms with E-state index in [1.807, 2.05) is 4.90 Å². The summed E-state index contributed by atoms with van der Waals surface area (Å²) >= 11 is 0. The minimum atomic E-state index is 0.219. The topological polar surface area (TPSA) is 20.3 Å². The molecule has 1 heterocycles. The van der Waals surface area contributed by atoms with Crippen LogP contribution in [0.25, 0.3) is 0 Å². The van der Waals surface area contributed by atoms with Crippen LogP contribution in [-0.4, -0.2) is 23.4 Å². The Labute approximate surface area is 62.2 Å². The summed E-state index contributed by atoms with van der Waals surface area (Å²) in [5, 5.41) is 0. The maximum atomic E-state index is 10.9. The quantitative estimate of drug-likeness (QED) is 0.497. The monoisotopic (exact) mass is 141 g/mol. The van der Waals surface area contributed by atoms with Gasteiger partial charge in [-0.25, -0.2) is 0 Å². The van der Waals surface area contributed by atoms with Gasteiger partial charge in [0.1, 0.15) is 0 Å². The zero-order valence-electron chi connectivity index (χ0n) is 6.92. The molecular formula is C8H15NO. The van der Waals surface area contributed by atoms with Crippen LogP contribution in [-0.2, 0) is 4.79 Å². The van der Waals surface area contributed by atoms with Crippen molar-refractivity contribution >= 4 is 5.91 Å². The molecular weight excluding hydrogens is 126 g/mol. The zero-order chi connectivity index (χ0) is 7.72. The predicted molar refractivity (Wildman–Crippen MR) is 40.6 cm³/mol. The van der Waals surface area contributed by atoms with Crippen molar-refractivity contribution in [2.24, 2.45) is 5.92 Å². The van der Waals surface area contributed by atoms with E-state index in [1.54, 1.807) is 6.92 Å². The molecule has 1 amide bonds. The number of hydrogen-bond donors (Lipinski definition) is 0. The Morgan fingerprint density at radius 1 is 1.50 bits per heavy atom. The fourth-order valence-electron chi connectivity index (χ4n) is 1.74. The third-order valence-electron chi connectivity index (χ3n) is 2.19. The standard InChI is InChI=1S/C8H15NO/c1-6-4-7(2)9(5-6)8(3)10/h6-7H,4-5H2,1-3H3/t6?,7-/m1/s1. The highest BCUT2D eigenvalue weighted by atomic mass is 16.2. The average molecular weight is 141 g/mol. The molecule has 1 unspecified atom stereocenters. The summed E-state index contributed by atoms with van der Waals surface area (Å²) in [6.07, 6.45) is 1.17. The molecule has 1 aliphatic heterocycles. The lowest BCUT2D eigenvalue weighted by Gasteiger charge is -2.18. The SMILES string of the molecule is CC(=O)N1CC(C)C[C@H]1C. The van der Waals surface area contributed by atoms with Crippen molar-refractivity contribution in [3.8, 4) is 0 Å². The number of carbonyl (C=O) groups excluding carboxylic acids is 1. The highest BCUT2D eigenvalue weighted by Crippen LogP contribution is 2.21. The first kappa shape index (κ1) is 7.58. The number of hydrogen-bond acceptors (Lipinski definition) is 1. The largest absolute Gasteiger partial charge is 0.340 e. The molecule has 0 saturated carbocycles. The van der Waals surface area contributed by atoms with Crippen molar-refractivity contribution in [1.29, 1.82) is 0 Å². The van der Waals surface area contributed by atoms with Gasteiger partial charge < -0.3 is 4.90 Å². The second kappa shape index (κ2) is 2.60. The molecule has 10 heavy (non-hydrogen) atoms. The number of nitrogens with zero attached hydrogens (tertiary/aromatic N) is 1. The van der Waals surface area contributed by atoms with Crippen LogP contribution in [0.5, 0.6) is 0 Å². The lowest BCUT2D eigenvalue weighted by molar-refractivity contribution is -0.129. The molecule has 1 fully saturated rings. The maximum Gasteiger partial charge on any atom is 0.219 e. The second-order valence-electron chi connectivity index (χ2n) is 3.36. The van der Waals surface area contributed by atoms with Crippen LogP contribution in [0.1, 0.15) is 27.2 Å². The van der Waals surface area contributed by atoms with Gasteiger partial charge in [0.25, 0.3) is 0 Å². The van der Waals surface area contributed by atoms with Gasteiger partial charge in [0, 0.05) is 19.5 Å². The molecule has 0 aromatic rings. The Bertz CT molecular complexity index is 144. The van der Waals surface area contributed by atoms with E-state index in [9.17, 15) is 4.79 Å². The first-order chi connectivity index (χ1) is 4.61. The summed E-state index contributed by atoms with van der Waals surface area (Å²) in [6.45, 7) is 6.91. The number of rotatable bonds is 0. The molecule has 1 aliphatic rings. The van der Waals surface area contributed by atoms with E-state index < -0.39 is 0 Å². The Morgan fingerprint density at radius 2 is 2.10 bits per heavy atom. The van der Waals surface area contributed by atoms with Gasteiger partial charge in [-0.1, -0.05) is 6.92 Å². The number of amides is 1. The van der Waals surface area contributed by atoms with Gasteiger partial charge in [-0.3, -0.25) is 4.79 Å². The zero-order valence-corrected chi connectivity index (χ0v) is 6.92. The molecule has 2 heteroatoms. The highest BCUT2D eigenvalue weighted by molar-refractivity contribution is 5.73. The number of carbonyl (C=O) groups is 1. The van der Waals surface area contributed by atoms with Crippen molar-refractivity contribution in [3.05, 3.63) is 0 Å². The van der Waals surface area contributed by atoms with Crippen LogP contribution < -0.4 is 0 Å². The van der Waals surface area contributed by atoms with Crippen LogP contribution in [0, 0.1) is 5.92 Å². The molecule has 1 rings (SSSR count). The van der Waals surface area contributed by atoms with Crippen molar-refractivity contribution in [3.63, 3.8) is 0 Å². The second-order valence-corrected chi connectivity index (χ2v) is 3.36. The molecule has 0 radical (unpaired) electrons. The van der Waals surface area contributed by atoms with E-state index in [0.29, 0.717) is 12.0 Å². The fraction of sp³-hybridized carbons (Fsp3) is 0.875. The first-order valence-corrected chi connectivity index (χ1v) is 3.88. The average Bonchev–Trinajstić information content (AvgIpc) is 2.10. The Balaban J connectivity index is 2.54. The summed E-state index contributed by atoms with van der Waals surface area (Å²) in [5.74, 6) is 0.913. The van der Waals surface area contributed by atoms with Gasteiger partial charge in [-0.05, 0) is 19.3 Å². The third kappa shape index (κ3) is 1.31. The summed E-state index contributed by atoms with van der Waals surface area (Å²) in [7, 11) is 0. The van der Waals surface area contributed by atoms with Crippen molar-refractivity contribution in [1.82, 2.24) is 4.90 Å². The van der Waals surface area contributed by atoms with Crippen LogP contribution >= 0.6 is 0 Å². The minimum Gasteiger partial charge on any atom is -0.340 e. The summed E-state index contributed by atoms with van der Waals surface area (Å²) in [5.41, 5.74) is 0. The van der Waals surface area contributed by atoms with E-state index in [0.717, 1.165) is 6.54 Å². The van der Waals surface area contributed by atoms with E-state index in [2.05, 4.69) is 13.8 Å². The molecule has 58 valence electrons. The molecule has 0 N–H and O–H groups in total. The number of likely N-dealkylation sites (tertiary alicyclic amines) is 1. The first-order valence-electron chi connectivity index (χ1n) is 3.88. The highest BCUT2D eigenvalue weighted by Gasteiger charge is 2.27. The molecule has 0 aromatic heterocycles. The van der Waals surface area contributed by atoms with Crippen molar-refractivity contribution < 1.29 is 4.79 Å². The van der Waals surface area contributed by atoms with Gasteiger partial charge in [-0.15, -0.1) is 0 Å². The van der Waals surface area contributed by atoms with Crippen molar-refractivity contribution in [2.75, 3.05) is 6.54 Å². The van der Waals surface area contributed by atoms with E-state index in [1.165, 1.54) is 6.42 Å². The molecule has 0 aliphatic carbocycles. The van der Waals surface area contributed by atoms with Gasteiger partial charge in [0.2, 0.25) is 5.91 Å². The lowest BCUT2D eigenvalue weighted by atomic mass is 10.1. The maximum absolute atomic E-state index is 10.9. The van der Waals surface area contributed by atoms with Crippen LogP contribution in [0.3, 0.4) is 0 Å². The summed E-state index contributed by atoms with van der Waals surface area (Å²) in [4.78, 5) is 12.9. The molecule has 2 atom stereocenters. The Hall–Kier alpha value is -0.530. The van der Waals surface area contributed by atoms with Gasteiger partial charge >= 0.3 is 0 Å². The normalized spacial score (nSPS) is 32.9. The molecule has 0 spiro atoms. The van der Waals surface area contributed by atoms with E-state index in [-0.39, 0.29) is 5.91 Å². The summed E-state index contributed by atoms with van der Waals surface area (Å²) < 4.78 is 0. The minimum absolute atomic E-state index is 0.219. The molecule has 2 nitrogen and oxygen atoms in total. The van der Waals surface area contributed by atoms with Gasteiger partial charge in [0.15, 0.2) is 0 Å². The summed E-state index contributed by atoms with van der Waals surface area (Å²) in [6, 6.07) is 0.465. The van der Waals surface area contributed by atoms with Gasteiger partial charge in [0.05, 0.1) is 0 Å². The lowest BCUT2D eigenvalue weighted by Crippen LogP contribution is -2.31. The van der Waals surface area contributed by atoms with E-state index in [4.69, 9.17) is 0 Å². The van der Waals surface area contributed by atoms with Gasteiger partial charge in [-0.2, -0.15) is 0 Å². The van der Waals surface area contributed by atoms with Crippen LogP contribution in [0.4, 0.5) is 0 Å². The Kier molecular flexibility index (Phi) is 1.97. The van der Waals surface area contributed by atoms with E-state index >= 15 is 0 Å². The molecule has 0 aromatic carbocycles. The fourth-order valence-corrected chi connectivity index (χ4v) is 1.74. The Morgan fingerprint density at radius 3 is 2.30 bits per heavy atom. The molecule has 1 saturated heterocycles. The third-order valence-corrected chi connectivity index (χ3v) is 2.19.